The molecule has 0 bridgehead atoms. The number of carbonyl (C=O) groups is 2. The van der Waals surface area contributed by atoms with Crippen molar-refractivity contribution in [3.05, 3.63) is 17.5 Å². The van der Waals surface area contributed by atoms with Crippen LogP contribution in [0.5, 0.6) is 0 Å². The topological polar surface area (TPSA) is 110 Å². The molecule has 1 aromatic heterocycles. The second-order valence-electron chi connectivity index (χ2n) is 3.36. The van der Waals surface area contributed by atoms with Crippen LogP contribution in [-0.2, 0) is 10.3 Å². The number of aryl methyl sites for hydroxylation is 1. The molecule has 1 atom stereocenters. The summed E-state index contributed by atoms with van der Waals surface area (Å²) in [7, 11) is 0. The average Bonchev–Trinajstić information content (AvgIpc) is 2.71. The van der Waals surface area contributed by atoms with Crippen molar-refractivity contribution in [2.45, 2.75) is 12.5 Å². The molecule has 1 fully saturated rings. The van der Waals surface area contributed by atoms with Crippen LogP contribution in [0.1, 0.15) is 11.3 Å². The predicted molar refractivity (Wildman–Crippen MR) is 48.6 cm³/mol. The third-order valence-electron chi connectivity index (χ3n) is 2.40. The van der Waals surface area contributed by atoms with Gasteiger partial charge in [-0.05, 0) is 6.92 Å². The second kappa shape index (κ2) is 3.06. The van der Waals surface area contributed by atoms with Crippen molar-refractivity contribution in [3.8, 4) is 0 Å². The highest BCUT2D eigenvalue weighted by Crippen LogP contribution is 2.25. The Bertz CT molecular complexity index is 427. The van der Waals surface area contributed by atoms with Gasteiger partial charge in [0.15, 0.2) is 5.54 Å². The molecule has 1 saturated heterocycles. The fraction of sp³-hybridized carbons (Fsp3) is 0.375. The van der Waals surface area contributed by atoms with Gasteiger partial charge in [0.1, 0.15) is 12.0 Å². The molecule has 3 amide bonds. The van der Waals surface area contributed by atoms with Crippen molar-refractivity contribution in [1.29, 1.82) is 0 Å². The number of urea groups is 1. The highest BCUT2D eigenvalue weighted by molar-refractivity contribution is 6.07. The van der Waals surface area contributed by atoms with Gasteiger partial charge in [0.25, 0.3) is 5.91 Å². The number of imide groups is 1. The van der Waals surface area contributed by atoms with Crippen molar-refractivity contribution in [2.75, 3.05) is 6.54 Å². The van der Waals surface area contributed by atoms with E-state index in [-0.39, 0.29) is 6.54 Å². The van der Waals surface area contributed by atoms with E-state index in [2.05, 4.69) is 15.8 Å². The lowest BCUT2D eigenvalue weighted by atomic mass is 9.93. The highest BCUT2D eigenvalue weighted by atomic mass is 16.5. The van der Waals surface area contributed by atoms with Gasteiger partial charge in [0, 0.05) is 12.1 Å². The van der Waals surface area contributed by atoms with Crippen molar-refractivity contribution < 1.29 is 14.1 Å². The molecule has 15 heavy (non-hydrogen) atoms. The van der Waals surface area contributed by atoms with Crippen LogP contribution >= 0.6 is 0 Å². The molecular weight excluding hydrogens is 200 g/mol. The Morgan fingerprint density at radius 3 is 2.73 bits per heavy atom. The van der Waals surface area contributed by atoms with Gasteiger partial charge in [0.2, 0.25) is 0 Å². The summed E-state index contributed by atoms with van der Waals surface area (Å²) < 4.78 is 4.73. The van der Waals surface area contributed by atoms with E-state index in [1.165, 1.54) is 6.26 Å². The molecule has 4 N–H and O–H groups in total. The van der Waals surface area contributed by atoms with Crippen LogP contribution < -0.4 is 16.4 Å². The van der Waals surface area contributed by atoms with Gasteiger partial charge in [-0.25, -0.2) is 4.79 Å². The average molecular weight is 210 g/mol. The molecule has 0 aromatic carbocycles. The number of hydrogen-bond acceptors (Lipinski definition) is 5. The van der Waals surface area contributed by atoms with Crippen molar-refractivity contribution in [1.82, 2.24) is 15.8 Å². The maximum absolute atomic E-state index is 11.6. The standard InChI is InChI=1S/C8H10N4O3/c1-4-2-15-12-5(4)8(3-9)6(13)10-7(14)11-8/h2H,3,9H2,1H3,(H2,10,11,13,14)/t8-/m1/s1. The van der Waals surface area contributed by atoms with E-state index in [0.29, 0.717) is 11.3 Å². The summed E-state index contributed by atoms with van der Waals surface area (Å²) >= 11 is 0. The van der Waals surface area contributed by atoms with Crippen LogP contribution in [0.25, 0.3) is 0 Å². The molecule has 7 heteroatoms. The number of nitrogens with one attached hydrogen (secondary N) is 2. The Hall–Kier alpha value is -1.89. The molecule has 0 aliphatic carbocycles. The van der Waals surface area contributed by atoms with Gasteiger partial charge in [-0.15, -0.1) is 0 Å². The lowest BCUT2D eigenvalue weighted by molar-refractivity contribution is -0.124. The first-order chi connectivity index (χ1) is 7.10. The molecule has 80 valence electrons. The molecule has 2 heterocycles. The zero-order chi connectivity index (χ0) is 11.1. The number of carbonyl (C=O) groups excluding carboxylic acids is 2. The SMILES string of the molecule is Cc1conc1[C@@]1(CN)NC(=O)NC1=O. The van der Waals surface area contributed by atoms with E-state index < -0.39 is 17.5 Å². The van der Waals surface area contributed by atoms with Crippen LogP contribution in [0.15, 0.2) is 10.8 Å². The quantitative estimate of drug-likeness (QED) is 0.541. The van der Waals surface area contributed by atoms with E-state index in [4.69, 9.17) is 10.3 Å². The summed E-state index contributed by atoms with van der Waals surface area (Å²) in [5.74, 6) is -0.507. The normalized spacial score (nSPS) is 25.2. The summed E-state index contributed by atoms with van der Waals surface area (Å²) in [5, 5.41) is 8.28. The van der Waals surface area contributed by atoms with Gasteiger partial charge in [-0.3, -0.25) is 10.1 Å². The number of nitrogens with zero attached hydrogens (tertiary/aromatic N) is 1. The molecule has 0 unspecified atom stereocenters. The third kappa shape index (κ3) is 1.20. The Morgan fingerprint density at radius 1 is 1.60 bits per heavy atom. The maximum Gasteiger partial charge on any atom is 0.322 e. The summed E-state index contributed by atoms with van der Waals surface area (Å²) in [4.78, 5) is 22.7. The Labute approximate surface area is 85.0 Å². The molecule has 7 nitrogen and oxygen atoms in total. The number of amides is 3. The fourth-order valence-corrected chi connectivity index (χ4v) is 1.60. The first-order valence-corrected chi connectivity index (χ1v) is 4.35. The molecule has 1 aliphatic heterocycles. The lowest BCUT2D eigenvalue weighted by Crippen LogP contribution is -2.50. The van der Waals surface area contributed by atoms with Crippen LogP contribution in [0, 0.1) is 6.92 Å². The minimum Gasteiger partial charge on any atom is -0.364 e. The summed E-state index contributed by atoms with van der Waals surface area (Å²) in [5.41, 5.74) is 5.23. The zero-order valence-corrected chi connectivity index (χ0v) is 8.03. The number of nitrogens with two attached hydrogens (primary N) is 1. The van der Waals surface area contributed by atoms with Crippen LogP contribution in [0.2, 0.25) is 0 Å². The van der Waals surface area contributed by atoms with E-state index in [1.807, 2.05) is 0 Å². The van der Waals surface area contributed by atoms with Gasteiger partial charge in [-0.2, -0.15) is 0 Å². The van der Waals surface area contributed by atoms with Gasteiger partial charge in [0.05, 0.1) is 0 Å². The minimum atomic E-state index is -1.30. The van der Waals surface area contributed by atoms with E-state index in [0.717, 1.165) is 0 Å². The molecule has 1 aromatic rings. The largest absolute Gasteiger partial charge is 0.364 e. The van der Waals surface area contributed by atoms with Crippen LogP contribution in [0.4, 0.5) is 4.79 Å². The van der Waals surface area contributed by atoms with E-state index >= 15 is 0 Å². The van der Waals surface area contributed by atoms with Crippen molar-refractivity contribution in [2.24, 2.45) is 5.73 Å². The lowest BCUT2D eigenvalue weighted by Gasteiger charge is -2.21. The predicted octanol–water partition coefficient (Wildman–Crippen LogP) is -1.02. The second-order valence-corrected chi connectivity index (χ2v) is 3.36. The van der Waals surface area contributed by atoms with Crippen LogP contribution in [0.3, 0.4) is 0 Å². The first kappa shape index (κ1) is 9.66. The molecule has 0 spiro atoms. The smallest absolute Gasteiger partial charge is 0.322 e. The van der Waals surface area contributed by atoms with Crippen molar-refractivity contribution >= 4 is 11.9 Å². The van der Waals surface area contributed by atoms with E-state index in [1.54, 1.807) is 6.92 Å². The van der Waals surface area contributed by atoms with E-state index in [9.17, 15) is 9.59 Å². The first-order valence-electron chi connectivity index (χ1n) is 4.35. The van der Waals surface area contributed by atoms with Crippen LogP contribution in [-0.4, -0.2) is 23.6 Å². The van der Waals surface area contributed by atoms with Gasteiger partial charge < -0.3 is 15.6 Å². The minimum absolute atomic E-state index is 0.0715. The maximum atomic E-state index is 11.6. The molecule has 1 aliphatic rings. The summed E-state index contributed by atoms with van der Waals surface area (Å²) in [6, 6.07) is -0.576. The summed E-state index contributed by atoms with van der Waals surface area (Å²) in [6.07, 6.45) is 1.39. The zero-order valence-electron chi connectivity index (χ0n) is 8.03. The molecular formula is C8H10N4O3. The molecule has 2 rings (SSSR count). The van der Waals surface area contributed by atoms with Crippen molar-refractivity contribution in [3.63, 3.8) is 0 Å². The fourth-order valence-electron chi connectivity index (χ4n) is 1.60. The monoisotopic (exact) mass is 210 g/mol. The number of rotatable bonds is 2. The van der Waals surface area contributed by atoms with Gasteiger partial charge >= 0.3 is 6.03 Å². The Morgan fingerprint density at radius 2 is 2.33 bits per heavy atom. The molecule has 0 radical (unpaired) electrons. The Kier molecular flexibility index (Phi) is 1.97. The Balaban J connectivity index is 2.51. The number of hydrogen-bond donors (Lipinski definition) is 3. The summed E-state index contributed by atoms with van der Waals surface area (Å²) in [6.45, 7) is 1.65. The highest BCUT2D eigenvalue weighted by Gasteiger charge is 2.49. The third-order valence-corrected chi connectivity index (χ3v) is 2.40. The number of aromatic nitrogens is 1. The molecule has 0 saturated carbocycles. The van der Waals surface area contributed by atoms with Gasteiger partial charge in [-0.1, -0.05) is 5.16 Å².